The van der Waals surface area contributed by atoms with E-state index in [1.54, 1.807) is 38.1 Å². The van der Waals surface area contributed by atoms with Gasteiger partial charge in [0.05, 0.1) is 11.5 Å². The van der Waals surface area contributed by atoms with Crippen molar-refractivity contribution in [3.63, 3.8) is 0 Å². The predicted octanol–water partition coefficient (Wildman–Crippen LogP) is 4.12. The number of ketones is 1. The fourth-order valence-corrected chi connectivity index (χ4v) is 3.62. The summed E-state index contributed by atoms with van der Waals surface area (Å²) in [5.74, 6) is -0.446. The Morgan fingerprint density at radius 2 is 1.75 bits per heavy atom. The standard InChI is InChI=1S/C22H30N2O3S/c1-5-27-22(26)19(23(2)3)13-14-20(28-4)21(25)17-9-11-18(12-10-17)24-15-7-6-8-16-24/h9-14H,5-8,15-16H2,1-4H3/b19-13-,20-14-. The quantitative estimate of drug-likeness (QED) is 0.282. The van der Waals surface area contributed by atoms with Crippen LogP contribution in [0.1, 0.15) is 36.5 Å². The number of rotatable bonds is 8. The summed E-state index contributed by atoms with van der Waals surface area (Å²) in [6.45, 7) is 4.24. The zero-order valence-electron chi connectivity index (χ0n) is 17.2. The summed E-state index contributed by atoms with van der Waals surface area (Å²) in [5.41, 5.74) is 2.22. The van der Waals surface area contributed by atoms with Crippen molar-refractivity contribution in [1.82, 2.24) is 4.90 Å². The average Bonchev–Trinajstić information content (AvgIpc) is 2.71. The normalized spacial score (nSPS) is 15.4. The minimum absolute atomic E-state index is 0.0455. The van der Waals surface area contributed by atoms with Crippen LogP contribution in [-0.2, 0) is 9.53 Å². The first kappa shape index (κ1) is 22.1. The van der Waals surface area contributed by atoms with Gasteiger partial charge in [-0.15, -0.1) is 11.8 Å². The number of benzene rings is 1. The van der Waals surface area contributed by atoms with Gasteiger partial charge < -0.3 is 14.5 Å². The van der Waals surface area contributed by atoms with Crippen LogP contribution in [0.5, 0.6) is 0 Å². The highest BCUT2D eigenvalue weighted by Gasteiger charge is 2.16. The smallest absolute Gasteiger partial charge is 0.354 e. The Labute approximate surface area is 172 Å². The third-order valence-electron chi connectivity index (χ3n) is 4.65. The Balaban J connectivity index is 2.18. The Hall–Kier alpha value is -2.21. The number of hydrogen-bond acceptors (Lipinski definition) is 6. The van der Waals surface area contributed by atoms with Crippen molar-refractivity contribution in [2.45, 2.75) is 26.2 Å². The molecule has 0 aliphatic carbocycles. The lowest BCUT2D eigenvalue weighted by Gasteiger charge is -2.28. The third kappa shape index (κ3) is 5.89. The van der Waals surface area contributed by atoms with Crippen molar-refractivity contribution in [2.24, 2.45) is 0 Å². The molecule has 0 bridgehead atoms. The van der Waals surface area contributed by atoms with Crippen LogP contribution in [0.15, 0.2) is 47.0 Å². The minimum atomic E-state index is -0.400. The molecular formula is C22H30N2O3S. The molecule has 1 aromatic rings. The second-order valence-electron chi connectivity index (χ2n) is 6.83. The van der Waals surface area contributed by atoms with Gasteiger partial charge in [0.2, 0.25) is 0 Å². The first-order valence-corrected chi connectivity index (χ1v) is 10.9. The fourth-order valence-electron chi connectivity index (χ4n) is 3.11. The van der Waals surface area contributed by atoms with Crippen LogP contribution in [0.3, 0.4) is 0 Å². The van der Waals surface area contributed by atoms with E-state index in [1.807, 2.05) is 30.5 Å². The molecule has 0 unspecified atom stereocenters. The molecule has 0 N–H and O–H groups in total. The molecule has 152 valence electrons. The van der Waals surface area contributed by atoms with E-state index in [0.717, 1.165) is 13.1 Å². The van der Waals surface area contributed by atoms with Crippen LogP contribution in [0, 0.1) is 0 Å². The van der Waals surface area contributed by atoms with E-state index >= 15 is 0 Å². The summed E-state index contributed by atoms with van der Waals surface area (Å²) in [6.07, 6.45) is 8.94. The zero-order chi connectivity index (χ0) is 20.5. The number of nitrogens with zero attached hydrogens (tertiary/aromatic N) is 2. The van der Waals surface area contributed by atoms with E-state index < -0.39 is 5.97 Å². The first-order valence-electron chi connectivity index (χ1n) is 9.68. The van der Waals surface area contributed by atoms with Crippen LogP contribution in [0.2, 0.25) is 0 Å². The van der Waals surface area contributed by atoms with E-state index in [4.69, 9.17) is 4.74 Å². The molecule has 0 amide bonds. The number of esters is 1. The Morgan fingerprint density at radius 3 is 2.29 bits per heavy atom. The monoisotopic (exact) mass is 402 g/mol. The van der Waals surface area contributed by atoms with Crippen molar-refractivity contribution in [3.05, 3.63) is 52.6 Å². The van der Waals surface area contributed by atoms with E-state index in [2.05, 4.69) is 4.90 Å². The Bertz CT molecular complexity index is 733. The lowest BCUT2D eigenvalue weighted by atomic mass is 10.1. The van der Waals surface area contributed by atoms with Gasteiger partial charge in [0, 0.05) is 38.4 Å². The summed E-state index contributed by atoms with van der Waals surface area (Å²) >= 11 is 1.37. The highest BCUT2D eigenvalue weighted by Crippen LogP contribution is 2.23. The Kier molecular flexibility index (Phi) is 8.64. The maximum Gasteiger partial charge on any atom is 0.354 e. The summed E-state index contributed by atoms with van der Waals surface area (Å²) in [6, 6.07) is 7.82. The zero-order valence-corrected chi connectivity index (χ0v) is 18.1. The summed E-state index contributed by atoms with van der Waals surface area (Å²) < 4.78 is 5.07. The van der Waals surface area contributed by atoms with Gasteiger partial charge in [-0.25, -0.2) is 4.79 Å². The van der Waals surface area contributed by atoms with E-state index in [9.17, 15) is 9.59 Å². The van der Waals surface area contributed by atoms with E-state index in [-0.39, 0.29) is 5.78 Å². The molecule has 1 aliphatic heterocycles. The van der Waals surface area contributed by atoms with Crippen LogP contribution in [0.4, 0.5) is 5.69 Å². The third-order valence-corrected chi connectivity index (χ3v) is 5.41. The second kappa shape index (κ2) is 11.0. The molecule has 1 saturated heterocycles. The number of carbonyl (C=O) groups is 2. The van der Waals surface area contributed by atoms with Crippen molar-refractivity contribution < 1.29 is 14.3 Å². The molecule has 0 saturated carbocycles. The molecular weight excluding hydrogens is 372 g/mol. The van der Waals surface area contributed by atoms with Crippen LogP contribution in [-0.4, -0.2) is 56.7 Å². The number of hydrogen-bond donors (Lipinski definition) is 0. The lowest BCUT2D eigenvalue weighted by Crippen LogP contribution is -2.29. The summed E-state index contributed by atoms with van der Waals surface area (Å²) in [7, 11) is 3.55. The van der Waals surface area contributed by atoms with Gasteiger partial charge in [-0.2, -0.15) is 0 Å². The van der Waals surface area contributed by atoms with Gasteiger partial charge >= 0.3 is 5.97 Å². The molecule has 0 spiro atoms. The molecule has 5 nitrogen and oxygen atoms in total. The predicted molar refractivity (Wildman–Crippen MR) is 117 cm³/mol. The molecule has 6 heteroatoms. The van der Waals surface area contributed by atoms with Gasteiger partial charge in [-0.3, -0.25) is 4.79 Å². The molecule has 0 atom stereocenters. The van der Waals surface area contributed by atoms with E-state index in [1.165, 1.54) is 36.7 Å². The van der Waals surface area contributed by atoms with Crippen molar-refractivity contribution >= 4 is 29.2 Å². The number of Topliss-reactive ketones (excluding diaryl/α,β-unsaturated/α-hetero) is 1. The van der Waals surface area contributed by atoms with Crippen molar-refractivity contribution in [2.75, 3.05) is 44.9 Å². The van der Waals surface area contributed by atoms with Gasteiger partial charge in [0.25, 0.3) is 0 Å². The molecule has 2 rings (SSSR count). The van der Waals surface area contributed by atoms with Crippen LogP contribution < -0.4 is 4.90 Å². The van der Waals surface area contributed by atoms with Gasteiger partial charge in [0.1, 0.15) is 5.70 Å². The maximum atomic E-state index is 12.9. The SMILES string of the molecule is CCOC(=O)/C(=C/C=C(\SC)C(=O)c1ccc(N2CCCCC2)cc1)N(C)C. The maximum absolute atomic E-state index is 12.9. The number of piperidine rings is 1. The van der Waals surface area contributed by atoms with Crippen molar-refractivity contribution in [3.8, 4) is 0 Å². The Morgan fingerprint density at radius 1 is 1.11 bits per heavy atom. The second-order valence-corrected chi connectivity index (χ2v) is 7.67. The number of thioether (sulfide) groups is 1. The molecule has 0 radical (unpaired) electrons. The lowest BCUT2D eigenvalue weighted by molar-refractivity contribution is -0.140. The summed E-state index contributed by atoms with van der Waals surface area (Å²) in [4.78, 5) is 29.6. The van der Waals surface area contributed by atoms with Crippen LogP contribution in [0.25, 0.3) is 0 Å². The number of ether oxygens (including phenoxy) is 1. The molecule has 1 heterocycles. The number of likely N-dealkylation sites (N-methyl/N-ethyl adjacent to an activating group) is 1. The number of anilines is 1. The highest BCUT2D eigenvalue weighted by molar-refractivity contribution is 8.03. The number of carbonyl (C=O) groups excluding carboxylic acids is 2. The van der Waals surface area contributed by atoms with Gasteiger partial charge in [0.15, 0.2) is 5.78 Å². The van der Waals surface area contributed by atoms with E-state index in [0.29, 0.717) is 22.8 Å². The van der Waals surface area contributed by atoms with Gasteiger partial charge in [-0.1, -0.05) is 0 Å². The molecule has 1 aliphatic rings. The highest BCUT2D eigenvalue weighted by atomic mass is 32.2. The first-order chi connectivity index (χ1) is 13.5. The van der Waals surface area contributed by atoms with Crippen LogP contribution >= 0.6 is 11.8 Å². The molecule has 1 aromatic carbocycles. The van der Waals surface area contributed by atoms with Crippen molar-refractivity contribution in [1.29, 1.82) is 0 Å². The fraction of sp³-hybridized carbons (Fsp3) is 0.455. The number of allylic oxidation sites excluding steroid dienone is 3. The topological polar surface area (TPSA) is 49.9 Å². The van der Waals surface area contributed by atoms with Gasteiger partial charge in [-0.05, 0) is 68.9 Å². The average molecular weight is 403 g/mol. The largest absolute Gasteiger partial charge is 0.461 e. The summed E-state index contributed by atoms with van der Waals surface area (Å²) in [5, 5.41) is 0. The molecule has 1 fully saturated rings. The molecule has 0 aromatic heterocycles. The minimum Gasteiger partial charge on any atom is -0.461 e. The molecule has 28 heavy (non-hydrogen) atoms.